The molecule has 1 atom stereocenters. The highest BCUT2D eigenvalue weighted by atomic mass is 79.9. The van der Waals surface area contributed by atoms with E-state index in [1.54, 1.807) is 25.1 Å². The van der Waals surface area contributed by atoms with Gasteiger partial charge in [-0.15, -0.1) is 0 Å². The maximum Gasteiger partial charge on any atom is 0.264 e. The molecule has 11 heteroatoms. The van der Waals surface area contributed by atoms with E-state index in [-0.39, 0.29) is 33.1 Å². The summed E-state index contributed by atoms with van der Waals surface area (Å²) in [6.07, 6.45) is 0.730. The summed E-state index contributed by atoms with van der Waals surface area (Å²) in [7, 11) is -4.24. The van der Waals surface area contributed by atoms with Crippen molar-refractivity contribution >= 4 is 66.7 Å². The Bertz CT molecular complexity index is 1430. The lowest BCUT2D eigenvalue weighted by Gasteiger charge is -2.32. The number of halogens is 3. The molecule has 0 saturated heterocycles. The number of nitrogens with zero attached hydrogens (tertiary/aromatic N) is 2. The Kier molecular flexibility index (Phi) is 10.8. The minimum atomic E-state index is -4.24. The Labute approximate surface area is 248 Å². The zero-order valence-corrected chi connectivity index (χ0v) is 25.7. The first-order valence-electron chi connectivity index (χ1n) is 12.3. The highest BCUT2D eigenvalue weighted by Gasteiger charge is 2.33. The maximum atomic E-state index is 13.9. The monoisotopic (exact) mass is 653 g/mol. The summed E-state index contributed by atoms with van der Waals surface area (Å²) in [5.41, 5.74) is 1.70. The van der Waals surface area contributed by atoms with Gasteiger partial charge in [0.05, 0.1) is 20.6 Å². The predicted molar refractivity (Wildman–Crippen MR) is 160 cm³/mol. The first-order valence-corrected chi connectivity index (χ1v) is 15.3. The lowest BCUT2D eigenvalue weighted by Crippen LogP contribution is -2.51. The summed E-state index contributed by atoms with van der Waals surface area (Å²) in [6.45, 7) is 5.32. The Morgan fingerprint density at radius 2 is 1.69 bits per heavy atom. The maximum absolute atomic E-state index is 13.9. The number of anilines is 1. The van der Waals surface area contributed by atoms with Crippen LogP contribution in [0.25, 0.3) is 0 Å². The normalized spacial score (nSPS) is 12.1. The highest BCUT2D eigenvalue weighted by Crippen LogP contribution is 2.35. The fourth-order valence-electron chi connectivity index (χ4n) is 3.85. The number of amides is 2. The molecule has 0 saturated carbocycles. The van der Waals surface area contributed by atoms with Gasteiger partial charge in [-0.2, -0.15) is 0 Å². The smallest absolute Gasteiger partial charge is 0.264 e. The van der Waals surface area contributed by atoms with Crippen LogP contribution >= 0.6 is 39.1 Å². The van der Waals surface area contributed by atoms with Crippen LogP contribution in [0.1, 0.15) is 31.4 Å². The van der Waals surface area contributed by atoms with Crippen molar-refractivity contribution in [2.45, 2.75) is 44.7 Å². The molecule has 7 nitrogen and oxygen atoms in total. The zero-order valence-electron chi connectivity index (χ0n) is 21.8. The first-order chi connectivity index (χ1) is 18.4. The summed E-state index contributed by atoms with van der Waals surface area (Å²) in [5, 5.41) is 2.95. The van der Waals surface area contributed by atoms with Crippen LogP contribution in [0.2, 0.25) is 10.0 Å². The number of sulfonamides is 1. The minimum Gasteiger partial charge on any atom is -0.354 e. The molecule has 0 unspecified atom stereocenters. The van der Waals surface area contributed by atoms with E-state index in [4.69, 9.17) is 23.2 Å². The topological polar surface area (TPSA) is 86.8 Å². The zero-order chi connectivity index (χ0) is 28.7. The van der Waals surface area contributed by atoms with E-state index in [0.29, 0.717) is 6.54 Å². The fourth-order valence-corrected chi connectivity index (χ4v) is 6.17. The summed E-state index contributed by atoms with van der Waals surface area (Å²) in [5.74, 6) is -0.922. The van der Waals surface area contributed by atoms with Crippen LogP contribution in [0.4, 0.5) is 5.69 Å². The molecule has 208 valence electrons. The van der Waals surface area contributed by atoms with Crippen LogP contribution in [-0.4, -0.2) is 44.3 Å². The van der Waals surface area contributed by atoms with Crippen molar-refractivity contribution in [1.82, 2.24) is 10.2 Å². The number of hydrogen-bond donors (Lipinski definition) is 1. The van der Waals surface area contributed by atoms with Crippen LogP contribution in [0, 0.1) is 6.92 Å². The molecule has 3 rings (SSSR count). The van der Waals surface area contributed by atoms with Gasteiger partial charge in [0.2, 0.25) is 11.8 Å². The molecule has 1 N–H and O–H groups in total. The largest absolute Gasteiger partial charge is 0.354 e. The molecule has 39 heavy (non-hydrogen) atoms. The van der Waals surface area contributed by atoms with Gasteiger partial charge < -0.3 is 10.2 Å². The Morgan fingerprint density at radius 1 is 1.03 bits per heavy atom. The van der Waals surface area contributed by atoms with Crippen molar-refractivity contribution in [3.05, 3.63) is 92.4 Å². The van der Waals surface area contributed by atoms with E-state index in [9.17, 15) is 18.0 Å². The van der Waals surface area contributed by atoms with Gasteiger partial charge in [0.25, 0.3) is 10.0 Å². The van der Waals surface area contributed by atoms with Crippen LogP contribution < -0.4 is 9.62 Å². The number of carbonyl (C=O) groups is 2. The Morgan fingerprint density at radius 3 is 2.33 bits per heavy atom. The number of aryl methyl sites for hydroxylation is 1. The van der Waals surface area contributed by atoms with Crippen LogP contribution in [0.5, 0.6) is 0 Å². The van der Waals surface area contributed by atoms with Crippen molar-refractivity contribution in [2.75, 3.05) is 17.4 Å². The van der Waals surface area contributed by atoms with Crippen LogP contribution in [0.15, 0.2) is 76.1 Å². The highest BCUT2D eigenvalue weighted by molar-refractivity contribution is 9.10. The molecule has 0 radical (unpaired) electrons. The van der Waals surface area contributed by atoms with Crippen LogP contribution in [0.3, 0.4) is 0 Å². The fraction of sp³-hybridized carbons (Fsp3) is 0.286. The van der Waals surface area contributed by atoms with E-state index in [1.807, 2.05) is 38.1 Å². The van der Waals surface area contributed by atoms with E-state index >= 15 is 0 Å². The second-order valence-corrected chi connectivity index (χ2v) is 12.6. The molecule has 3 aromatic carbocycles. The molecule has 0 aliphatic carbocycles. The third-order valence-electron chi connectivity index (χ3n) is 6.05. The average Bonchev–Trinajstić information content (AvgIpc) is 2.90. The summed E-state index contributed by atoms with van der Waals surface area (Å²) < 4.78 is 29.5. The van der Waals surface area contributed by atoms with Gasteiger partial charge in [-0.05, 0) is 62.2 Å². The van der Waals surface area contributed by atoms with E-state index in [0.717, 1.165) is 26.3 Å². The van der Waals surface area contributed by atoms with Crippen molar-refractivity contribution in [3.8, 4) is 0 Å². The molecule has 0 aliphatic rings. The molecule has 0 spiro atoms. The molecule has 0 aromatic heterocycles. The second-order valence-electron chi connectivity index (χ2n) is 9.02. The van der Waals surface area contributed by atoms with Crippen molar-refractivity contribution in [1.29, 1.82) is 0 Å². The molecule has 0 aliphatic heterocycles. The number of benzene rings is 3. The molecular weight excluding hydrogens is 625 g/mol. The molecule has 0 fully saturated rings. The Balaban J connectivity index is 2.06. The second kappa shape index (κ2) is 13.7. The van der Waals surface area contributed by atoms with Gasteiger partial charge in [0.1, 0.15) is 12.6 Å². The van der Waals surface area contributed by atoms with Gasteiger partial charge in [0.15, 0.2) is 0 Å². The third kappa shape index (κ3) is 7.75. The number of nitrogens with one attached hydrogen (secondary N) is 1. The van der Waals surface area contributed by atoms with Gasteiger partial charge in [-0.3, -0.25) is 13.9 Å². The average molecular weight is 655 g/mol. The third-order valence-corrected chi connectivity index (χ3v) is 9.12. The molecular formula is C28H30BrCl2N3O4S. The summed E-state index contributed by atoms with van der Waals surface area (Å²) in [4.78, 5) is 28.2. The van der Waals surface area contributed by atoms with Crippen molar-refractivity contribution < 1.29 is 18.0 Å². The van der Waals surface area contributed by atoms with E-state index < -0.39 is 28.5 Å². The summed E-state index contributed by atoms with van der Waals surface area (Å²) in [6, 6.07) is 17.3. The molecule has 3 aromatic rings. The lowest BCUT2D eigenvalue weighted by molar-refractivity contribution is -0.139. The lowest BCUT2D eigenvalue weighted by atomic mass is 10.1. The molecule has 2 amide bonds. The number of hydrogen-bond acceptors (Lipinski definition) is 4. The molecule has 0 heterocycles. The molecule has 0 bridgehead atoms. The van der Waals surface area contributed by atoms with Crippen molar-refractivity contribution in [2.24, 2.45) is 0 Å². The predicted octanol–water partition coefficient (Wildman–Crippen LogP) is 6.20. The van der Waals surface area contributed by atoms with Crippen LogP contribution in [-0.2, 0) is 26.2 Å². The number of carbonyl (C=O) groups excluding carboxylic acids is 2. The van der Waals surface area contributed by atoms with Gasteiger partial charge in [-0.1, -0.05) is 82.0 Å². The quantitative estimate of drug-likeness (QED) is 0.267. The first kappa shape index (κ1) is 30.9. The van der Waals surface area contributed by atoms with Gasteiger partial charge >= 0.3 is 0 Å². The Hall–Kier alpha value is -2.59. The van der Waals surface area contributed by atoms with Gasteiger partial charge in [-0.25, -0.2) is 8.42 Å². The minimum absolute atomic E-state index is 0.00469. The van der Waals surface area contributed by atoms with Crippen molar-refractivity contribution in [3.63, 3.8) is 0 Å². The van der Waals surface area contributed by atoms with E-state index in [2.05, 4.69) is 21.2 Å². The van der Waals surface area contributed by atoms with Gasteiger partial charge in [0, 0.05) is 17.6 Å². The summed E-state index contributed by atoms with van der Waals surface area (Å²) >= 11 is 16.1. The SMILES string of the molecule is CCCNC(=O)[C@@H](C)N(Cc1cccc(Br)c1)C(=O)CN(c1cccc(Cl)c1Cl)S(=O)(=O)c1ccc(C)cc1. The van der Waals surface area contributed by atoms with E-state index in [1.165, 1.54) is 29.2 Å². The number of rotatable bonds is 11. The standard InChI is InChI=1S/C28H30BrCl2N3O4S/c1-4-15-32-28(36)20(3)33(17-21-7-5-8-22(29)16-21)26(35)18-34(25-10-6-9-24(30)27(25)31)39(37,38)23-13-11-19(2)12-14-23/h5-14,16,20H,4,15,17-18H2,1-3H3,(H,32,36)/t20-/m1/s1.